The van der Waals surface area contributed by atoms with Crippen LogP contribution in [0.15, 0.2) is 56.8 Å². The molecule has 0 unspecified atom stereocenters. The molecule has 0 spiro atoms. The van der Waals surface area contributed by atoms with Gasteiger partial charge in [-0.1, -0.05) is 41.9 Å². The molecule has 0 aliphatic rings. The minimum Gasteiger partial charge on any atom is -0.479 e. The second-order valence-electron chi connectivity index (χ2n) is 7.00. The molecule has 1 atom stereocenters. The van der Waals surface area contributed by atoms with Crippen molar-refractivity contribution in [2.45, 2.75) is 32.8 Å². The van der Waals surface area contributed by atoms with Crippen LogP contribution in [0.3, 0.4) is 0 Å². The third kappa shape index (κ3) is 4.76. The van der Waals surface area contributed by atoms with E-state index in [-0.39, 0.29) is 11.5 Å². The third-order valence-corrected chi connectivity index (χ3v) is 4.87. The van der Waals surface area contributed by atoms with Gasteiger partial charge in [0.1, 0.15) is 11.6 Å². The first-order chi connectivity index (χ1) is 14.3. The maximum absolute atomic E-state index is 13.1. The molecule has 3 aromatic rings. The number of benzene rings is 2. The Balaban J connectivity index is 1.99. The smallest absolute Gasteiger partial charge is 0.346 e. The van der Waals surface area contributed by atoms with Crippen molar-refractivity contribution < 1.29 is 14.3 Å². The van der Waals surface area contributed by atoms with Gasteiger partial charge in [-0.15, -0.1) is 0 Å². The summed E-state index contributed by atoms with van der Waals surface area (Å²) in [5.41, 5.74) is 1.10. The van der Waals surface area contributed by atoms with Crippen molar-refractivity contribution in [3.8, 4) is 5.75 Å². The quantitative estimate of drug-likeness (QED) is 0.399. The summed E-state index contributed by atoms with van der Waals surface area (Å²) in [6.45, 7) is 5.53. The second-order valence-corrected chi connectivity index (χ2v) is 7.92. The van der Waals surface area contributed by atoms with E-state index in [1.165, 1.54) is 11.8 Å². The average molecular weight is 472 g/mol. The highest BCUT2D eigenvalue weighted by Crippen LogP contribution is 2.19. The highest BCUT2D eigenvalue weighted by Gasteiger charge is 2.15. The van der Waals surface area contributed by atoms with Gasteiger partial charge in [-0.2, -0.15) is 9.78 Å². The highest BCUT2D eigenvalue weighted by molar-refractivity contribution is 9.10. The van der Waals surface area contributed by atoms with Crippen LogP contribution >= 0.6 is 15.9 Å². The maximum Gasteiger partial charge on any atom is 0.346 e. The molecule has 0 aliphatic carbocycles. The summed E-state index contributed by atoms with van der Waals surface area (Å²) in [6.07, 6.45) is 0.828. The van der Waals surface area contributed by atoms with E-state index in [9.17, 15) is 9.59 Å². The molecule has 8 heteroatoms. The lowest BCUT2D eigenvalue weighted by atomic mass is 10.2. The van der Waals surface area contributed by atoms with E-state index in [2.05, 4.69) is 30.8 Å². The molecule has 0 saturated heterocycles. The number of esters is 1. The van der Waals surface area contributed by atoms with Crippen LogP contribution in [0.25, 0.3) is 10.9 Å². The summed E-state index contributed by atoms with van der Waals surface area (Å²) in [5.74, 6) is 0.598. The molecular weight excluding hydrogens is 450 g/mol. The summed E-state index contributed by atoms with van der Waals surface area (Å²) in [5, 5.41) is 4.88. The number of ether oxygens (including phenoxy) is 2. The number of fused-ring (bicyclic) bond motifs is 1. The number of nitrogens with zero attached hydrogens (tertiary/aromatic N) is 3. The molecule has 2 aromatic carbocycles. The Hall–Kier alpha value is -3.00. The fraction of sp³-hybridized carbons (Fsp3) is 0.273. The number of rotatable bonds is 6. The second kappa shape index (κ2) is 9.21. The van der Waals surface area contributed by atoms with Crippen LogP contribution in [0.4, 0.5) is 0 Å². The van der Waals surface area contributed by atoms with E-state index in [1.807, 2.05) is 32.0 Å². The Morgan fingerprint density at radius 1 is 1.20 bits per heavy atom. The number of carbonyl (C=O) groups excluding carboxylic acids is 1. The van der Waals surface area contributed by atoms with Gasteiger partial charge in [-0.3, -0.25) is 4.79 Å². The normalized spacial score (nSPS) is 12.5. The number of aromatic nitrogens is 2. The lowest BCUT2D eigenvalue weighted by Crippen LogP contribution is -2.24. The van der Waals surface area contributed by atoms with Gasteiger partial charge in [-0.25, -0.2) is 9.78 Å². The Labute approximate surface area is 182 Å². The predicted molar refractivity (Wildman–Crippen MR) is 119 cm³/mol. The van der Waals surface area contributed by atoms with Crippen molar-refractivity contribution in [2.24, 2.45) is 5.10 Å². The number of carbonyl (C=O) groups is 1. The van der Waals surface area contributed by atoms with Crippen molar-refractivity contribution in [1.29, 1.82) is 0 Å². The van der Waals surface area contributed by atoms with Gasteiger partial charge >= 0.3 is 5.97 Å². The summed E-state index contributed by atoms with van der Waals surface area (Å²) < 4.78 is 12.4. The van der Waals surface area contributed by atoms with Crippen LogP contribution in [0, 0.1) is 0 Å². The molecule has 1 heterocycles. The molecule has 0 amide bonds. The lowest BCUT2D eigenvalue weighted by Gasteiger charge is -2.13. The molecule has 0 fully saturated rings. The van der Waals surface area contributed by atoms with Crippen LogP contribution < -0.4 is 10.3 Å². The zero-order valence-electron chi connectivity index (χ0n) is 17.1. The van der Waals surface area contributed by atoms with Crippen LogP contribution in [-0.2, 0) is 9.53 Å². The van der Waals surface area contributed by atoms with Crippen molar-refractivity contribution in [3.63, 3.8) is 0 Å². The van der Waals surface area contributed by atoms with E-state index in [0.717, 1.165) is 4.47 Å². The van der Waals surface area contributed by atoms with Gasteiger partial charge in [0.25, 0.3) is 5.56 Å². The number of hydrogen-bond donors (Lipinski definition) is 0. The first-order valence-corrected chi connectivity index (χ1v) is 10.2. The van der Waals surface area contributed by atoms with Crippen LogP contribution in [0.5, 0.6) is 5.75 Å². The number of methoxy groups -OCH3 is 1. The number of halogens is 1. The molecule has 0 radical (unpaired) electrons. The third-order valence-electron chi connectivity index (χ3n) is 4.38. The summed E-state index contributed by atoms with van der Waals surface area (Å²) >= 11 is 3.40. The number of hydrogen-bond acceptors (Lipinski definition) is 6. The first-order valence-electron chi connectivity index (χ1n) is 9.41. The Bertz CT molecular complexity index is 1170. The molecule has 3 rings (SSSR count). The Morgan fingerprint density at radius 2 is 1.97 bits per heavy atom. The summed E-state index contributed by atoms with van der Waals surface area (Å²) in [6, 6.07) is 12.5. The Morgan fingerprint density at radius 3 is 2.67 bits per heavy atom. The minimum absolute atomic E-state index is 0.00142. The molecule has 30 heavy (non-hydrogen) atoms. The molecule has 0 aliphatic heterocycles. The standard InChI is InChI=1S/C22H22BrN3O4/c1-13(2)20-25-19-9-8-16(23)11-18(19)21(27)26(20)24-12-15-6-5-7-17(10-15)30-14(3)22(28)29-4/h5-14H,1-4H3/t14-/m1/s1. The minimum atomic E-state index is -0.736. The topological polar surface area (TPSA) is 82.8 Å². The summed E-state index contributed by atoms with van der Waals surface area (Å²) in [4.78, 5) is 29.2. The van der Waals surface area contributed by atoms with Gasteiger partial charge in [0.15, 0.2) is 6.10 Å². The van der Waals surface area contributed by atoms with E-state index >= 15 is 0 Å². The SMILES string of the molecule is COC(=O)[C@@H](C)Oc1cccc(C=Nn2c(C(C)C)nc3ccc(Br)cc3c2=O)c1. The van der Waals surface area contributed by atoms with E-state index in [4.69, 9.17) is 4.74 Å². The largest absolute Gasteiger partial charge is 0.479 e. The van der Waals surface area contributed by atoms with Gasteiger partial charge in [0.2, 0.25) is 0 Å². The van der Waals surface area contributed by atoms with E-state index < -0.39 is 12.1 Å². The van der Waals surface area contributed by atoms with Crippen LogP contribution in [0.1, 0.15) is 38.1 Å². The van der Waals surface area contributed by atoms with E-state index in [0.29, 0.717) is 28.0 Å². The average Bonchev–Trinajstić information content (AvgIpc) is 2.72. The van der Waals surface area contributed by atoms with Gasteiger partial charge in [0.05, 0.1) is 24.2 Å². The molecule has 1 aromatic heterocycles. The molecule has 7 nitrogen and oxygen atoms in total. The van der Waals surface area contributed by atoms with Crippen molar-refractivity contribution in [1.82, 2.24) is 9.66 Å². The van der Waals surface area contributed by atoms with Gasteiger partial charge in [-0.05, 0) is 42.8 Å². The molecule has 156 valence electrons. The van der Waals surface area contributed by atoms with Crippen LogP contribution in [-0.4, -0.2) is 35.1 Å². The molecule has 0 bridgehead atoms. The first kappa shape index (κ1) is 21.7. The van der Waals surface area contributed by atoms with E-state index in [1.54, 1.807) is 37.4 Å². The predicted octanol–water partition coefficient (Wildman–Crippen LogP) is 4.10. The zero-order chi connectivity index (χ0) is 21.8. The maximum atomic E-state index is 13.1. The van der Waals surface area contributed by atoms with Gasteiger partial charge in [0, 0.05) is 10.4 Å². The molecule has 0 N–H and O–H groups in total. The molecular formula is C22H22BrN3O4. The van der Waals surface area contributed by atoms with Crippen molar-refractivity contribution >= 4 is 39.0 Å². The highest BCUT2D eigenvalue weighted by atomic mass is 79.9. The van der Waals surface area contributed by atoms with Crippen molar-refractivity contribution in [3.05, 3.63) is 68.7 Å². The zero-order valence-corrected chi connectivity index (χ0v) is 18.7. The molecule has 0 saturated carbocycles. The lowest BCUT2D eigenvalue weighted by molar-refractivity contribution is -0.147. The monoisotopic (exact) mass is 471 g/mol. The fourth-order valence-electron chi connectivity index (χ4n) is 2.86. The van der Waals surface area contributed by atoms with Crippen LogP contribution in [0.2, 0.25) is 0 Å². The van der Waals surface area contributed by atoms with Gasteiger partial charge < -0.3 is 9.47 Å². The fourth-order valence-corrected chi connectivity index (χ4v) is 3.22. The Kier molecular flexibility index (Phi) is 6.66. The van der Waals surface area contributed by atoms with Crippen molar-refractivity contribution in [2.75, 3.05) is 7.11 Å². The summed E-state index contributed by atoms with van der Waals surface area (Å²) in [7, 11) is 1.31.